The zero-order valence-electron chi connectivity index (χ0n) is 17.1. The minimum Gasteiger partial charge on any atom is -0.352 e. The Labute approximate surface area is 172 Å². The molecule has 0 atom stereocenters. The summed E-state index contributed by atoms with van der Waals surface area (Å²) in [5.74, 6) is 0.543. The van der Waals surface area contributed by atoms with Gasteiger partial charge < -0.3 is 15.5 Å². The Morgan fingerprint density at radius 1 is 1.00 bits per heavy atom. The summed E-state index contributed by atoms with van der Waals surface area (Å²) in [6, 6.07) is 11.9. The summed E-state index contributed by atoms with van der Waals surface area (Å²) >= 11 is 0. The van der Waals surface area contributed by atoms with E-state index in [2.05, 4.69) is 15.6 Å². The molecule has 0 unspecified atom stereocenters. The first kappa shape index (κ1) is 20.8. The quantitative estimate of drug-likeness (QED) is 0.758. The van der Waals surface area contributed by atoms with Gasteiger partial charge in [0.2, 0.25) is 0 Å². The van der Waals surface area contributed by atoms with Gasteiger partial charge in [-0.05, 0) is 73.9 Å². The van der Waals surface area contributed by atoms with Crippen LogP contribution in [0, 0.1) is 5.92 Å². The van der Waals surface area contributed by atoms with Crippen LogP contribution in [0.2, 0.25) is 0 Å². The molecule has 1 aromatic carbocycles. The zero-order chi connectivity index (χ0) is 20.5. The molecule has 29 heavy (non-hydrogen) atoms. The molecule has 0 bridgehead atoms. The number of urea groups is 1. The SMILES string of the molecule is CCNC(=O)N1CCC(Cc2ccc(C(=O)NCCc3ccncc3)cc2)CC1. The van der Waals surface area contributed by atoms with Crippen molar-refractivity contribution in [3.8, 4) is 0 Å². The Bertz CT molecular complexity index is 784. The molecule has 2 N–H and O–H groups in total. The van der Waals surface area contributed by atoms with E-state index in [1.165, 1.54) is 5.56 Å². The average Bonchev–Trinajstić information content (AvgIpc) is 2.75. The predicted molar refractivity (Wildman–Crippen MR) is 114 cm³/mol. The maximum Gasteiger partial charge on any atom is 0.317 e. The first-order chi connectivity index (χ1) is 14.2. The molecule has 0 spiro atoms. The Morgan fingerprint density at radius 3 is 2.34 bits per heavy atom. The largest absolute Gasteiger partial charge is 0.352 e. The summed E-state index contributed by atoms with van der Waals surface area (Å²) < 4.78 is 0. The number of benzene rings is 1. The third-order valence-corrected chi connectivity index (χ3v) is 5.42. The topological polar surface area (TPSA) is 74.3 Å². The van der Waals surface area contributed by atoms with Crippen molar-refractivity contribution in [3.63, 3.8) is 0 Å². The molecule has 1 aromatic heterocycles. The number of carbonyl (C=O) groups excluding carboxylic acids is 2. The van der Waals surface area contributed by atoms with Crippen LogP contribution in [0.15, 0.2) is 48.8 Å². The number of pyridine rings is 1. The van der Waals surface area contributed by atoms with Gasteiger partial charge in [0.05, 0.1) is 0 Å². The molecule has 2 aromatic rings. The number of nitrogens with zero attached hydrogens (tertiary/aromatic N) is 2. The number of likely N-dealkylation sites (tertiary alicyclic amines) is 1. The van der Waals surface area contributed by atoms with Crippen LogP contribution in [0.3, 0.4) is 0 Å². The van der Waals surface area contributed by atoms with Crippen LogP contribution < -0.4 is 10.6 Å². The summed E-state index contributed by atoms with van der Waals surface area (Å²) in [5, 5.41) is 5.84. The van der Waals surface area contributed by atoms with Gasteiger partial charge in [0.1, 0.15) is 0 Å². The lowest BCUT2D eigenvalue weighted by atomic mass is 9.90. The standard InChI is InChI=1S/C23H30N4O2/c1-2-25-23(29)27-15-10-20(11-16-27)17-19-3-5-21(6-4-19)22(28)26-14-9-18-7-12-24-13-8-18/h3-8,12-13,20H,2,9-11,14-17H2,1H3,(H,25,29)(H,26,28). The normalized spacial score (nSPS) is 14.4. The third kappa shape index (κ3) is 6.31. The van der Waals surface area contributed by atoms with Gasteiger partial charge in [-0.1, -0.05) is 12.1 Å². The van der Waals surface area contributed by atoms with Crippen molar-refractivity contribution < 1.29 is 9.59 Å². The summed E-state index contributed by atoms with van der Waals surface area (Å²) in [5.41, 5.74) is 3.10. The van der Waals surface area contributed by atoms with E-state index in [4.69, 9.17) is 0 Å². The van der Waals surface area contributed by atoms with Crippen LogP contribution in [0.25, 0.3) is 0 Å². The van der Waals surface area contributed by atoms with Gasteiger partial charge in [0, 0.05) is 44.1 Å². The van der Waals surface area contributed by atoms with E-state index >= 15 is 0 Å². The van der Waals surface area contributed by atoms with Crippen molar-refractivity contribution in [2.75, 3.05) is 26.2 Å². The maximum absolute atomic E-state index is 12.3. The number of aromatic nitrogens is 1. The van der Waals surface area contributed by atoms with Crippen LogP contribution in [0.4, 0.5) is 4.79 Å². The van der Waals surface area contributed by atoms with Gasteiger partial charge in [-0.3, -0.25) is 9.78 Å². The summed E-state index contributed by atoms with van der Waals surface area (Å²) in [7, 11) is 0. The number of hydrogen-bond donors (Lipinski definition) is 2. The number of carbonyl (C=O) groups is 2. The van der Waals surface area contributed by atoms with E-state index in [0.29, 0.717) is 24.6 Å². The van der Waals surface area contributed by atoms with Crippen molar-refractivity contribution in [1.29, 1.82) is 0 Å². The second-order valence-corrected chi connectivity index (χ2v) is 7.53. The molecule has 3 amide bonds. The molecule has 3 rings (SSSR count). The smallest absolute Gasteiger partial charge is 0.317 e. The molecule has 0 radical (unpaired) electrons. The van der Waals surface area contributed by atoms with E-state index in [0.717, 1.165) is 44.3 Å². The number of nitrogens with one attached hydrogen (secondary N) is 2. The Morgan fingerprint density at radius 2 is 1.69 bits per heavy atom. The molecular formula is C23H30N4O2. The van der Waals surface area contributed by atoms with Gasteiger partial charge in [-0.2, -0.15) is 0 Å². The van der Waals surface area contributed by atoms with Crippen LogP contribution in [0.5, 0.6) is 0 Å². The Kier molecular flexibility index (Phi) is 7.61. The fourth-order valence-corrected chi connectivity index (χ4v) is 3.70. The van der Waals surface area contributed by atoms with E-state index in [1.807, 2.05) is 48.2 Å². The Balaban J connectivity index is 1.42. The molecule has 0 saturated carbocycles. The summed E-state index contributed by atoms with van der Waals surface area (Å²) in [6.07, 6.45) is 7.36. The highest BCUT2D eigenvalue weighted by atomic mass is 16.2. The van der Waals surface area contributed by atoms with Gasteiger partial charge in [-0.15, -0.1) is 0 Å². The fraction of sp³-hybridized carbons (Fsp3) is 0.435. The van der Waals surface area contributed by atoms with E-state index in [-0.39, 0.29) is 11.9 Å². The lowest BCUT2D eigenvalue weighted by molar-refractivity contribution is 0.0954. The molecule has 1 aliphatic heterocycles. The predicted octanol–water partition coefficient (Wildman–Crippen LogP) is 3.04. The number of hydrogen-bond acceptors (Lipinski definition) is 3. The van der Waals surface area contributed by atoms with Crippen molar-refractivity contribution in [1.82, 2.24) is 20.5 Å². The molecule has 6 nitrogen and oxygen atoms in total. The van der Waals surface area contributed by atoms with E-state index in [1.54, 1.807) is 12.4 Å². The van der Waals surface area contributed by atoms with Gasteiger partial charge in [0.25, 0.3) is 5.91 Å². The van der Waals surface area contributed by atoms with Crippen molar-refractivity contribution in [3.05, 3.63) is 65.5 Å². The highest BCUT2D eigenvalue weighted by Crippen LogP contribution is 2.22. The van der Waals surface area contributed by atoms with Crippen molar-refractivity contribution in [2.45, 2.75) is 32.6 Å². The fourth-order valence-electron chi connectivity index (χ4n) is 3.70. The highest BCUT2D eigenvalue weighted by molar-refractivity contribution is 5.94. The minimum absolute atomic E-state index is 0.0409. The molecule has 6 heteroatoms. The number of rotatable bonds is 7. The van der Waals surface area contributed by atoms with Crippen LogP contribution in [-0.4, -0.2) is 48.0 Å². The summed E-state index contributed by atoms with van der Waals surface area (Å²) in [6.45, 7) is 4.84. The zero-order valence-corrected chi connectivity index (χ0v) is 17.1. The number of piperidine rings is 1. The molecule has 2 heterocycles. The Hall–Kier alpha value is -2.89. The first-order valence-corrected chi connectivity index (χ1v) is 10.4. The summed E-state index contributed by atoms with van der Waals surface area (Å²) in [4.78, 5) is 30.1. The molecular weight excluding hydrogens is 364 g/mol. The van der Waals surface area contributed by atoms with Gasteiger partial charge in [0.15, 0.2) is 0 Å². The van der Waals surface area contributed by atoms with Crippen molar-refractivity contribution >= 4 is 11.9 Å². The third-order valence-electron chi connectivity index (χ3n) is 5.42. The second kappa shape index (κ2) is 10.6. The number of amides is 3. The molecule has 154 valence electrons. The molecule has 1 aliphatic rings. The molecule has 1 saturated heterocycles. The van der Waals surface area contributed by atoms with Crippen LogP contribution in [-0.2, 0) is 12.8 Å². The van der Waals surface area contributed by atoms with Crippen LogP contribution >= 0.6 is 0 Å². The van der Waals surface area contributed by atoms with Gasteiger partial charge in [-0.25, -0.2) is 4.79 Å². The first-order valence-electron chi connectivity index (χ1n) is 10.4. The molecule has 0 aliphatic carbocycles. The molecule has 1 fully saturated rings. The second-order valence-electron chi connectivity index (χ2n) is 7.53. The van der Waals surface area contributed by atoms with Crippen LogP contribution in [0.1, 0.15) is 41.3 Å². The highest BCUT2D eigenvalue weighted by Gasteiger charge is 2.22. The monoisotopic (exact) mass is 394 g/mol. The lowest BCUT2D eigenvalue weighted by Gasteiger charge is -2.32. The minimum atomic E-state index is -0.0409. The maximum atomic E-state index is 12.3. The van der Waals surface area contributed by atoms with Gasteiger partial charge >= 0.3 is 6.03 Å². The lowest BCUT2D eigenvalue weighted by Crippen LogP contribution is -2.44. The van der Waals surface area contributed by atoms with Crippen molar-refractivity contribution in [2.24, 2.45) is 5.92 Å². The van der Waals surface area contributed by atoms with E-state index < -0.39 is 0 Å². The van der Waals surface area contributed by atoms with E-state index in [9.17, 15) is 9.59 Å². The average molecular weight is 395 g/mol.